The molecule has 0 aliphatic heterocycles. The summed E-state index contributed by atoms with van der Waals surface area (Å²) in [6, 6.07) is 5.94. The Morgan fingerprint density at radius 3 is 2.69 bits per heavy atom. The molecule has 0 saturated carbocycles. The van der Waals surface area contributed by atoms with Crippen LogP contribution in [0.25, 0.3) is 6.08 Å². The SMILES string of the molecule is C=Cc1c(Cl)cccc1SC(C)C. The molecule has 0 aromatic heterocycles. The van der Waals surface area contributed by atoms with Crippen molar-refractivity contribution >= 4 is 29.4 Å². The minimum absolute atomic E-state index is 0.567. The normalized spacial score (nSPS) is 10.5. The Kier molecular flexibility index (Phi) is 3.89. The lowest BCUT2D eigenvalue weighted by Gasteiger charge is -2.09. The van der Waals surface area contributed by atoms with Crippen LogP contribution in [0.3, 0.4) is 0 Å². The van der Waals surface area contributed by atoms with E-state index in [0.29, 0.717) is 5.25 Å². The van der Waals surface area contributed by atoms with Crippen LogP contribution in [0.15, 0.2) is 29.7 Å². The van der Waals surface area contributed by atoms with Crippen molar-refractivity contribution in [1.82, 2.24) is 0 Å². The van der Waals surface area contributed by atoms with Gasteiger partial charge in [-0.1, -0.05) is 44.2 Å². The molecule has 0 saturated heterocycles. The summed E-state index contributed by atoms with van der Waals surface area (Å²) in [5.41, 5.74) is 1.04. The maximum atomic E-state index is 6.03. The van der Waals surface area contributed by atoms with E-state index in [0.717, 1.165) is 10.6 Å². The van der Waals surface area contributed by atoms with Crippen molar-refractivity contribution < 1.29 is 0 Å². The van der Waals surface area contributed by atoms with E-state index in [1.807, 2.05) is 30.0 Å². The molecular weight excluding hydrogens is 200 g/mol. The number of thioether (sulfide) groups is 1. The van der Waals surface area contributed by atoms with Gasteiger partial charge in [-0.15, -0.1) is 11.8 Å². The van der Waals surface area contributed by atoms with E-state index in [2.05, 4.69) is 26.5 Å². The lowest BCUT2D eigenvalue weighted by molar-refractivity contribution is 1.11. The monoisotopic (exact) mass is 212 g/mol. The topological polar surface area (TPSA) is 0 Å². The van der Waals surface area contributed by atoms with Crippen LogP contribution in [-0.2, 0) is 0 Å². The quantitative estimate of drug-likeness (QED) is 0.666. The van der Waals surface area contributed by atoms with Crippen LogP contribution in [0.2, 0.25) is 5.02 Å². The van der Waals surface area contributed by atoms with Crippen LogP contribution in [0.1, 0.15) is 19.4 Å². The zero-order valence-corrected chi connectivity index (χ0v) is 9.45. The van der Waals surface area contributed by atoms with Gasteiger partial charge in [0.05, 0.1) is 0 Å². The minimum atomic E-state index is 0.567. The molecule has 1 aromatic rings. The number of rotatable bonds is 3. The Morgan fingerprint density at radius 1 is 1.46 bits per heavy atom. The smallest absolute Gasteiger partial charge is 0.0489 e. The van der Waals surface area contributed by atoms with E-state index in [1.165, 1.54) is 4.90 Å². The third-order valence-corrected chi connectivity index (χ3v) is 2.99. The molecule has 1 aromatic carbocycles. The summed E-state index contributed by atoms with van der Waals surface area (Å²) in [5.74, 6) is 0. The molecule has 0 spiro atoms. The van der Waals surface area contributed by atoms with E-state index in [-0.39, 0.29) is 0 Å². The predicted octanol–water partition coefficient (Wildman–Crippen LogP) is 4.48. The molecule has 0 fully saturated rings. The molecule has 0 bridgehead atoms. The van der Waals surface area contributed by atoms with Gasteiger partial charge in [-0.2, -0.15) is 0 Å². The van der Waals surface area contributed by atoms with Gasteiger partial charge in [0.25, 0.3) is 0 Å². The van der Waals surface area contributed by atoms with Gasteiger partial charge in [0, 0.05) is 20.7 Å². The minimum Gasteiger partial charge on any atom is -0.123 e. The van der Waals surface area contributed by atoms with Crippen LogP contribution >= 0.6 is 23.4 Å². The average molecular weight is 213 g/mol. The number of benzene rings is 1. The fourth-order valence-electron chi connectivity index (χ4n) is 1.07. The molecule has 2 heteroatoms. The molecule has 0 N–H and O–H groups in total. The second-order valence-corrected chi connectivity index (χ2v) is 5.05. The summed E-state index contributed by atoms with van der Waals surface area (Å²) in [4.78, 5) is 1.21. The molecule has 0 radical (unpaired) electrons. The third kappa shape index (κ3) is 2.78. The van der Waals surface area contributed by atoms with Gasteiger partial charge in [0.2, 0.25) is 0 Å². The van der Waals surface area contributed by atoms with Crippen LogP contribution in [0, 0.1) is 0 Å². The van der Waals surface area contributed by atoms with Gasteiger partial charge in [0.15, 0.2) is 0 Å². The van der Waals surface area contributed by atoms with E-state index in [9.17, 15) is 0 Å². The Balaban J connectivity index is 3.05. The fraction of sp³-hybridized carbons (Fsp3) is 0.273. The zero-order chi connectivity index (χ0) is 9.84. The van der Waals surface area contributed by atoms with Gasteiger partial charge in [0.1, 0.15) is 0 Å². The Labute approximate surface area is 89.0 Å². The molecule has 0 amide bonds. The van der Waals surface area contributed by atoms with Crippen LogP contribution in [-0.4, -0.2) is 5.25 Å². The van der Waals surface area contributed by atoms with Crippen molar-refractivity contribution in [3.63, 3.8) is 0 Å². The predicted molar refractivity (Wildman–Crippen MR) is 62.5 cm³/mol. The number of hydrogen-bond donors (Lipinski definition) is 0. The Morgan fingerprint density at radius 2 is 2.15 bits per heavy atom. The Hall–Kier alpha value is -0.400. The zero-order valence-electron chi connectivity index (χ0n) is 7.88. The first-order chi connectivity index (χ1) is 6.15. The van der Waals surface area contributed by atoms with E-state index >= 15 is 0 Å². The highest BCUT2D eigenvalue weighted by molar-refractivity contribution is 8.00. The van der Waals surface area contributed by atoms with Crippen LogP contribution in [0.4, 0.5) is 0 Å². The first kappa shape index (κ1) is 10.7. The van der Waals surface area contributed by atoms with E-state index < -0.39 is 0 Å². The van der Waals surface area contributed by atoms with Crippen LogP contribution in [0.5, 0.6) is 0 Å². The summed E-state index contributed by atoms with van der Waals surface area (Å²) < 4.78 is 0. The van der Waals surface area contributed by atoms with Crippen molar-refractivity contribution in [1.29, 1.82) is 0 Å². The first-order valence-electron chi connectivity index (χ1n) is 4.22. The molecule has 0 nitrogen and oxygen atoms in total. The average Bonchev–Trinajstić information content (AvgIpc) is 2.03. The molecular formula is C11H13ClS. The van der Waals surface area contributed by atoms with Crippen molar-refractivity contribution in [2.24, 2.45) is 0 Å². The maximum absolute atomic E-state index is 6.03. The number of halogens is 1. The molecule has 13 heavy (non-hydrogen) atoms. The van der Waals surface area contributed by atoms with Crippen molar-refractivity contribution in [3.05, 3.63) is 35.4 Å². The third-order valence-electron chi connectivity index (χ3n) is 1.58. The lowest BCUT2D eigenvalue weighted by atomic mass is 10.2. The van der Waals surface area contributed by atoms with Gasteiger partial charge in [-0.25, -0.2) is 0 Å². The van der Waals surface area contributed by atoms with Crippen molar-refractivity contribution in [2.45, 2.75) is 24.0 Å². The summed E-state index contributed by atoms with van der Waals surface area (Å²) in [7, 11) is 0. The molecule has 1 rings (SSSR count). The van der Waals surface area contributed by atoms with Crippen molar-refractivity contribution in [3.8, 4) is 0 Å². The molecule has 70 valence electrons. The second kappa shape index (κ2) is 4.73. The van der Waals surface area contributed by atoms with E-state index in [4.69, 9.17) is 11.6 Å². The van der Waals surface area contributed by atoms with Gasteiger partial charge in [-0.3, -0.25) is 0 Å². The second-order valence-electron chi connectivity index (χ2n) is 3.02. The standard InChI is InChI=1S/C11H13ClS/c1-4-9-10(12)6-5-7-11(9)13-8(2)3/h4-8H,1H2,2-3H3. The maximum Gasteiger partial charge on any atom is 0.0489 e. The molecule has 0 unspecified atom stereocenters. The van der Waals surface area contributed by atoms with Crippen molar-refractivity contribution in [2.75, 3.05) is 0 Å². The van der Waals surface area contributed by atoms with Gasteiger partial charge in [-0.05, 0) is 12.1 Å². The highest BCUT2D eigenvalue weighted by Gasteiger charge is 2.05. The fourth-order valence-corrected chi connectivity index (χ4v) is 2.37. The highest BCUT2D eigenvalue weighted by Crippen LogP contribution is 2.31. The summed E-state index contributed by atoms with van der Waals surface area (Å²) in [6.07, 6.45) is 1.81. The summed E-state index contributed by atoms with van der Waals surface area (Å²) in [5, 5.41) is 1.35. The van der Waals surface area contributed by atoms with Crippen LogP contribution < -0.4 is 0 Å². The van der Waals surface area contributed by atoms with Gasteiger partial charge < -0.3 is 0 Å². The summed E-state index contributed by atoms with van der Waals surface area (Å²) in [6.45, 7) is 8.09. The number of hydrogen-bond acceptors (Lipinski definition) is 1. The molecule has 0 atom stereocenters. The molecule has 0 aliphatic rings. The summed E-state index contributed by atoms with van der Waals surface area (Å²) >= 11 is 7.84. The first-order valence-corrected chi connectivity index (χ1v) is 5.48. The molecule has 0 aliphatic carbocycles. The molecule has 0 heterocycles. The van der Waals surface area contributed by atoms with Gasteiger partial charge >= 0.3 is 0 Å². The highest BCUT2D eigenvalue weighted by atomic mass is 35.5. The lowest BCUT2D eigenvalue weighted by Crippen LogP contribution is -1.88. The van der Waals surface area contributed by atoms with E-state index in [1.54, 1.807) is 0 Å². The largest absolute Gasteiger partial charge is 0.123 e. The Bertz CT molecular complexity index is 305.